The summed E-state index contributed by atoms with van der Waals surface area (Å²) in [5, 5.41) is 3.33. The summed E-state index contributed by atoms with van der Waals surface area (Å²) in [4.78, 5) is 8.51. The van der Waals surface area contributed by atoms with Crippen molar-refractivity contribution in [1.82, 2.24) is 15.3 Å². The van der Waals surface area contributed by atoms with Crippen LogP contribution < -0.4 is 5.32 Å². The Morgan fingerprint density at radius 2 is 2.00 bits per heavy atom. The van der Waals surface area contributed by atoms with Crippen molar-refractivity contribution in [1.29, 1.82) is 0 Å². The van der Waals surface area contributed by atoms with Crippen molar-refractivity contribution in [3.05, 3.63) is 23.8 Å². The van der Waals surface area contributed by atoms with E-state index in [4.69, 9.17) is 0 Å². The number of hydrogen-bond donors (Lipinski definition) is 1. The van der Waals surface area contributed by atoms with Crippen LogP contribution in [0.1, 0.15) is 38.1 Å². The molecule has 1 atom stereocenters. The van der Waals surface area contributed by atoms with Crippen LogP contribution in [0, 0.1) is 0 Å². The Labute approximate surface area is 92.3 Å². The highest BCUT2D eigenvalue weighted by Crippen LogP contribution is 2.06. The minimum Gasteiger partial charge on any atom is -0.317 e. The molecule has 0 fully saturated rings. The molecule has 0 saturated heterocycles. The number of nitrogens with zero attached hydrogens (tertiary/aromatic N) is 2. The van der Waals surface area contributed by atoms with Crippen LogP contribution in [0.4, 0.5) is 0 Å². The van der Waals surface area contributed by atoms with Crippen LogP contribution in [0.3, 0.4) is 0 Å². The molecule has 1 N–H and O–H groups in total. The third kappa shape index (κ3) is 3.96. The Balaban J connectivity index is 2.61. The van der Waals surface area contributed by atoms with Gasteiger partial charge in [0.15, 0.2) is 0 Å². The van der Waals surface area contributed by atoms with Crippen LogP contribution in [0.2, 0.25) is 0 Å². The van der Waals surface area contributed by atoms with Gasteiger partial charge < -0.3 is 5.32 Å². The average molecular weight is 207 g/mol. The summed E-state index contributed by atoms with van der Waals surface area (Å²) in [6, 6.07) is 2.65. The van der Waals surface area contributed by atoms with Crippen molar-refractivity contribution in [2.45, 2.75) is 45.6 Å². The fourth-order valence-corrected chi connectivity index (χ4v) is 1.70. The molecule has 0 radical (unpaired) electrons. The summed E-state index contributed by atoms with van der Waals surface area (Å²) >= 11 is 0. The molecule has 0 amide bonds. The number of nitrogens with one attached hydrogen (secondary N) is 1. The summed E-state index contributed by atoms with van der Waals surface area (Å²) in [6.07, 6.45) is 6.05. The lowest BCUT2D eigenvalue weighted by molar-refractivity contribution is 0.508. The maximum atomic E-state index is 4.31. The quantitative estimate of drug-likeness (QED) is 0.775. The molecular formula is C12H21N3. The third-order valence-corrected chi connectivity index (χ3v) is 2.64. The molecule has 0 aliphatic rings. The first kappa shape index (κ1) is 12.1. The van der Waals surface area contributed by atoms with Gasteiger partial charge in [0.05, 0.1) is 0 Å². The van der Waals surface area contributed by atoms with E-state index in [9.17, 15) is 0 Å². The first-order valence-electron chi connectivity index (χ1n) is 5.77. The van der Waals surface area contributed by atoms with E-state index in [1.54, 1.807) is 6.33 Å². The number of aromatic nitrogens is 2. The molecule has 0 aromatic carbocycles. The van der Waals surface area contributed by atoms with Crippen LogP contribution in [0.15, 0.2) is 12.4 Å². The Hall–Kier alpha value is -0.960. The maximum absolute atomic E-state index is 4.31. The highest BCUT2D eigenvalue weighted by atomic mass is 14.9. The van der Waals surface area contributed by atoms with E-state index in [2.05, 4.69) is 35.2 Å². The van der Waals surface area contributed by atoms with Crippen molar-refractivity contribution in [2.75, 3.05) is 7.05 Å². The lowest BCUT2D eigenvalue weighted by Crippen LogP contribution is -2.27. The van der Waals surface area contributed by atoms with Gasteiger partial charge >= 0.3 is 0 Å². The monoisotopic (exact) mass is 207 g/mol. The van der Waals surface area contributed by atoms with Gasteiger partial charge in [-0.3, -0.25) is 0 Å². The lowest BCUT2D eigenvalue weighted by atomic mass is 10.1. The van der Waals surface area contributed by atoms with Crippen LogP contribution >= 0.6 is 0 Å². The minimum absolute atomic E-state index is 0.537. The van der Waals surface area contributed by atoms with Crippen molar-refractivity contribution in [3.63, 3.8) is 0 Å². The Morgan fingerprint density at radius 1 is 1.27 bits per heavy atom. The van der Waals surface area contributed by atoms with Gasteiger partial charge in [0.2, 0.25) is 0 Å². The van der Waals surface area contributed by atoms with Crippen LogP contribution in [0.5, 0.6) is 0 Å². The van der Waals surface area contributed by atoms with Crippen LogP contribution in [0.25, 0.3) is 0 Å². The van der Waals surface area contributed by atoms with Gasteiger partial charge in [-0.05, 0) is 26.0 Å². The van der Waals surface area contributed by atoms with Gasteiger partial charge in [-0.2, -0.15) is 0 Å². The lowest BCUT2D eigenvalue weighted by Gasteiger charge is -2.14. The number of hydrogen-bond acceptors (Lipinski definition) is 3. The fourth-order valence-electron chi connectivity index (χ4n) is 1.70. The molecule has 1 unspecified atom stereocenters. The summed E-state index contributed by atoms with van der Waals surface area (Å²) in [7, 11) is 2.02. The summed E-state index contributed by atoms with van der Waals surface area (Å²) in [5.74, 6) is 0. The van der Waals surface area contributed by atoms with E-state index < -0.39 is 0 Å². The number of rotatable bonds is 6. The van der Waals surface area contributed by atoms with Crippen molar-refractivity contribution < 1.29 is 0 Å². The topological polar surface area (TPSA) is 37.8 Å². The summed E-state index contributed by atoms with van der Waals surface area (Å²) < 4.78 is 0. The van der Waals surface area contributed by atoms with E-state index in [-0.39, 0.29) is 0 Å². The zero-order chi connectivity index (χ0) is 11.1. The number of likely N-dealkylation sites (N-methyl/N-ethyl adjacent to an activating group) is 1. The Kier molecular flexibility index (Phi) is 5.26. The smallest absolute Gasteiger partial charge is 0.115 e. The van der Waals surface area contributed by atoms with Crippen molar-refractivity contribution >= 4 is 0 Å². The first-order chi connectivity index (χ1) is 7.30. The van der Waals surface area contributed by atoms with Crippen LogP contribution in [-0.4, -0.2) is 23.1 Å². The maximum Gasteiger partial charge on any atom is 0.115 e. The fraction of sp³-hybridized carbons (Fsp3) is 0.667. The summed E-state index contributed by atoms with van der Waals surface area (Å²) in [6.45, 7) is 4.33. The second-order valence-electron chi connectivity index (χ2n) is 3.83. The molecule has 1 heterocycles. The molecule has 3 heteroatoms. The highest BCUT2D eigenvalue weighted by molar-refractivity contribution is 5.09. The third-order valence-electron chi connectivity index (χ3n) is 2.64. The molecule has 0 bridgehead atoms. The molecule has 0 spiro atoms. The molecule has 0 aliphatic heterocycles. The molecule has 1 rings (SSSR count). The first-order valence-corrected chi connectivity index (χ1v) is 5.77. The largest absolute Gasteiger partial charge is 0.317 e. The Morgan fingerprint density at radius 3 is 2.60 bits per heavy atom. The molecule has 15 heavy (non-hydrogen) atoms. The van der Waals surface area contributed by atoms with E-state index in [0.29, 0.717) is 6.04 Å². The van der Waals surface area contributed by atoms with E-state index in [0.717, 1.165) is 24.2 Å². The average Bonchev–Trinajstić information content (AvgIpc) is 2.29. The molecule has 1 aromatic heterocycles. The van der Waals surface area contributed by atoms with Crippen molar-refractivity contribution in [3.8, 4) is 0 Å². The second-order valence-corrected chi connectivity index (χ2v) is 3.83. The van der Waals surface area contributed by atoms with Gasteiger partial charge in [0.25, 0.3) is 0 Å². The van der Waals surface area contributed by atoms with Crippen LogP contribution in [-0.2, 0) is 12.8 Å². The number of aryl methyl sites for hydroxylation is 1. The minimum atomic E-state index is 0.537. The van der Waals surface area contributed by atoms with Gasteiger partial charge in [-0.25, -0.2) is 9.97 Å². The molecular weight excluding hydrogens is 186 g/mol. The Bertz CT molecular complexity index is 286. The van der Waals surface area contributed by atoms with Gasteiger partial charge in [-0.15, -0.1) is 0 Å². The molecule has 1 aromatic rings. The SMILES string of the molecule is CCCC(Cc1cc(CC)ncn1)NC. The normalized spacial score (nSPS) is 12.7. The van der Waals surface area contributed by atoms with Crippen molar-refractivity contribution in [2.24, 2.45) is 0 Å². The molecule has 84 valence electrons. The molecule has 0 saturated carbocycles. The van der Waals surface area contributed by atoms with Gasteiger partial charge in [0, 0.05) is 23.9 Å². The van der Waals surface area contributed by atoms with E-state index >= 15 is 0 Å². The molecule has 0 aliphatic carbocycles. The van der Waals surface area contributed by atoms with Gasteiger partial charge in [-0.1, -0.05) is 20.3 Å². The second kappa shape index (κ2) is 6.51. The van der Waals surface area contributed by atoms with E-state index in [1.165, 1.54) is 12.8 Å². The zero-order valence-electron chi connectivity index (χ0n) is 9.95. The predicted molar refractivity (Wildman–Crippen MR) is 62.9 cm³/mol. The van der Waals surface area contributed by atoms with Gasteiger partial charge in [0.1, 0.15) is 6.33 Å². The summed E-state index contributed by atoms with van der Waals surface area (Å²) in [5.41, 5.74) is 2.28. The standard InChI is InChI=1S/C12H21N3/c1-4-6-11(13-3)8-12-7-10(5-2)14-9-15-12/h7,9,11,13H,4-6,8H2,1-3H3. The highest BCUT2D eigenvalue weighted by Gasteiger charge is 2.07. The molecule has 3 nitrogen and oxygen atoms in total. The van der Waals surface area contributed by atoms with E-state index in [1.807, 2.05) is 7.05 Å². The predicted octanol–water partition coefficient (Wildman–Crippen LogP) is 1.97. The zero-order valence-corrected chi connectivity index (χ0v) is 9.95.